The fraction of sp³-hybridized carbons (Fsp3) is 0.500. The summed E-state index contributed by atoms with van der Waals surface area (Å²) in [6, 6.07) is 4.28. The fourth-order valence-electron chi connectivity index (χ4n) is 4.21. The van der Waals surface area contributed by atoms with E-state index in [0.717, 1.165) is 31.0 Å². The molecule has 0 spiro atoms. The van der Waals surface area contributed by atoms with Gasteiger partial charge >= 0.3 is 6.18 Å². The first kappa shape index (κ1) is 26.0. The van der Waals surface area contributed by atoms with Crippen molar-refractivity contribution < 1.29 is 27.9 Å². The van der Waals surface area contributed by atoms with Gasteiger partial charge in [0.1, 0.15) is 0 Å². The van der Waals surface area contributed by atoms with Crippen molar-refractivity contribution >= 4 is 29.1 Å². The molecule has 186 valence electrons. The van der Waals surface area contributed by atoms with Crippen molar-refractivity contribution in [1.82, 2.24) is 15.5 Å². The molecule has 34 heavy (non-hydrogen) atoms. The molecule has 1 aliphatic carbocycles. The molecule has 3 rings (SSSR count). The van der Waals surface area contributed by atoms with Gasteiger partial charge in [0, 0.05) is 29.6 Å². The van der Waals surface area contributed by atoms with Crippen LogP contribution >= 0.6 is 11.8 Å². The van der Waals surface area contributed by atoms with Gasteiger partial charge in [-0.1, -0.05) is 24.4 Å². The molecule has 0 unspecified atom stereocenters. The van der Waals surface area contributed by atoms with Crippen LogP contribution in [0, 0.1) is 0 Å². The van der Waals surface area contributed by atoms with Gasteiger partial charge in [0.15, 0.2) is 0 Å². The Labute approximate surface area is 199 Å². The standard InChI is InChI=1S/C22H28F3N5O3S/c1-14(34-13-28-26)21(33)7-5-18(6-8-21)30-11-17(12-30)29-19(31)10-27-20(32)15-3-2-4-16(9-15)22(23,24)25/h2-4,9,13,17-18,33H,1,5-8,10-12,26H2,(H,27,32)(H,29,31)/b28-13-/t18-,21-. The van der Waals surface area contributed by atoms with Crippen molar-refractivity contribution in [2.45, 2.75) is 49.5 Å². The second-order valence-corrected chi connectivity index (χ2v) is 9.48. The molecule has 1 saturated carbocycles. The molecular weight excluding hydrogens is 471 g/mol. The number of amides is 2. The highest BCUT2D eigenvalue weighted by molar-refractivity contribution is 8.15. The molecule has 1 saturated heterocycles. The second-order valence-electron chi connectivity index (χ2n) is 8.54. The zero-order valence-corrected chi connectivity index (χ0v) is 19.3. The van der Waals surface area contributed by atoms with E-state index in [9.17, 15) is 27.9 Å². The molecule has 1 aromatic rings. The van der Waals surface area contributed by atoms with Crippen LogP contribution in [0.2, 0.25) is 0 Å². The quantitative estimate of drug-likeness (QED) is 0.188. The summed E-state index contributed by atoms with van der Waals surface area (Å²) in [6.07, 6.45) is -1.80. The number of carbonyl (C=O) groups excluding carboxylic acids is 2. The van der Waals surface area contributed by atoms with Gasteiger partial charge in [-0.3, -0.25) is 14.5 Å². The number of carbonyl (C=O) groups is 2. The molecule has 0 atom stereocenters. The van der Waals surface area contributed by atoms with Crippen LogP contribution in [-0.2, 0) is 11.0 Å². The summed E-state index contributed by atoms with van der Waals surface area (Å²) in [6.45, 7) is 4.92. The van der Waals surface area contributed by atoms with Gasteiger partial charge in [-0.15, -0.1) is 0 Å². The molecule has 2 fully saturated rings. The maximum Gasteiger partial charge on any atom is 0.416 e. The molecule has 1 heterocycles. The summed E-state index contributed by atoms with van der Waals surface area (Å²) in [7, 11) is 0. The van der Waals surface area contributed by atoms with Gasteiger partial charge < -0.3 is 21.6 Å². The molecule has 2 aliphatic rings. The highest BCUT2D eigenvalue weighted by Gasteiger charge is 2.41. The lowest BCUT2D eigenvalue weighted by Gasteiger charge is -2.48. The summed E-state index contributed by atoms with van der Waals surface area (Å²) in [5.41, 5.74) is -0.589. The maximum absolute atomic E-state index is 12.8. The first-order chi connectivity index (χ1) is 16.0. The van der Waals surface area contributed by atoms with Crippen molar-refractivity contribution in [2.24, 2.45) is 10.9 Å². The Hall–Kier alpha value is -2.57. The normalized spacial score (nSPS) is 23.9. The number of rotatable bonds is 8. The highest BCUT2D eigenvalue weighted by atomic mass is 32.2. The number of nitrogens with two attached hydrogens (primary N) is 1. The molecule has 1 aromatic carbocycles. The third kappa shape index (κ3) is 6.51. The number of hydrogen-bond acceptors (Lipinski definition) is 7. The van der Waals surface area contributed by atoms with E-state index in [2.05, 4.69) is 27.2 Å². The molecule has 0 radical (unpaired) electrons. The minimum Gasteiger partial charge on any atom is -0.385 e. The zero-order valence-electron chi connectivity index (χ0n) is 18.5. The van der Waals surface area contributed by atoms with E-state index in [1.807, 2.05) is 0 Å². The minimum absolute atomic E-state index is 0.0648. The van der Waals surface area contributed by atoms with Crippen LogP contribution in [0.1, 0.15) is 41.6 Å². The van der Waals surface area contributed by atoms with Gasteiger partial charge in [0.25, 0.3) is 5.91 Å². The van der Waals surface area contributed by atoms with Crippen LogP contribution in [0.4, 0.5) is 13.2 Å². The smallest absolute Gasteiger partial charge is 0.385 e. The molecule has 0 aromatic heterocycles. The van der Waals surface area contributed by atoms with Crippen molar-refractivity contribution in [3.63, 3.8) is 0 Å². The van der Waals surface area contributed by atoms with E-state index in [4.69, 9.17) is 5.84 Å². The first-order valence-corrected chi connectivity index (χ1v) is 11.7. The summed E-state index contributed by atoms with van der Waals surface area (Å²) < 4.78 is 38.4. The lowest BCUT2D eigenvalue weighted by Crippen LogP contribution is -2.63. The van der Waals surface area contributed by atoms with Crippen LogP contribution in [0.5, 0.6) is 0 Å². The number of benzene rings is 1. The zero-order chi connectivity index (χ0) is 24.9. The van der Waals surface area contributed by atoms with Crippen LogP contribution in [-0.4, -0.2) is 64.7 Å². The Bertz CT molecular complexity index is 942. The van der Waals surface area contributed by atoms with Crippen molar-refractivity contribution in [2.75, 3.05) is 19.6 Å². The second kappa shape index (κ2) is 10.8. The molecular formula is C22H28F3N5O3S. The maximum atomic E-state index is 12.8. The fourth-order valence-corrected chi connectivity index (χ4v) is 4.82. The van der Waals surface area contributed by atoms with E-state index < -0.39 is 29.2 Å². The van der Waals surface area contributed by atoms with Crippen LogP contribution in [0.3, 0.4) is 0 Å². The number of thioether (sulfide) groups is 1. The van der Waals surface area contributed by atoms with Crippen molar-refractivity contribution in [1.29, 1.82) is 0 Å². The van der Waals surface area contributed by atoms with Crippen molar-refractivity contribution in [3.8, 4) is 0 Å². The lowest BCUT2D eigenvalue weighted by molar-refractivity contribution is -0.137. The van der Waals surface area contributed by atoms with Crippen LogP contribution in [0.15, 0.2) is 40.9 Å². The van der Waals surface area contributed by atoms with Crippen LogP contribution in [0.25, 0.3) is 0 Å². The Morgan fingerprint density at radius 1 is 1.32 bits per heavy atom. The molecule has 8 nitrogen and oxygen atoms in total. The molecule has 2 amide bonds. The summed E-state index contributed by atoms with van der Waals surface area (Å²) in [5.74, 6) is 3.94. The predicted molar refractivity (Wildman–Crippen MR) is 124 cm³/mol. The molecule has 0 bridgehead atoms. The van der Waals surface area contributed by atoms with E-state index in [1.165, 1.54) is 23.4 Å². The van der Waals surface area contributed by atoms with E-state index >= 15 is 0 Å². The number of hydrazone groups is 1. The Balaban J connectivity index is 1.37. The number of nitrogens with zero attached hydrogens (tertiary/aromatic N) is 2. The van der Waals surface area contributed by atoms with Crippen molar-refractivity contribution in [3.05, 3.63) is 46.9 Å². The van der Waals surface area contributed by atoms with Gasteiger partial charge in [0.05, 0.1) is 29.3 Å². The summed E-state index contributed by atoms with van der Waals surface area (Å²) >= 11 is 1.22. The number of halogens is 3. The monoisotopic (exact) mass is 499 g/mol. The largest absolute Gasteiger partial charge is 0.416 e. The summed E-state index contributed by atoms with van der Waals surface area (Å²) in [4.78, 5) is 27.1. The average molecular weight is 500 g/mol. The third-order valence-electron chi connectivity index (χ3n) is 6.21. The predicted octanol–water partition coefficient (Wildman–Crippen LogP) is 2.06. The van der Waals surface area contributed by atoms with E-state index in [1.54, 1.807) is 0 Å². The topological polar surface area (TPSA) is 120 Å². The number of hydrogen-bond donors (Lipinski definition) is 4. The average Bonchev–Trinajstić information content (AvgIpc) is 2.78. The molecule has 12 heteroatoms. The highest BCUT2D eigenvalue weighted by Crippen LogP contribution is 2.40. The van der Waals surface area contributed by atoms with Crippen LogP contribution < -0.4 is 16.5 Å². The number of aliphatic hydroxyl groups is 1. The number of nitrogens with one attached hydrogen (secondary N) is 2. The Morgan fingerprint density at radius 3 is 2.62 bits per heavy atom. The molecule has 5 N–H and O–H groups in total. The van der Waals surface area contributed by atoms with Gasteiger partial charge in [0.2, 0.25) is 5.91 Å². The minimum atomic E-state index is -4.55. The molecule has 1 aliphatic heterocycles. The number of alkyl halides is 3. The van der Waals surface area contributed by atoms with Gasteiger partial charge in [-0.25, -0.2) is 0 Å². The van der Waals surface area contributed by atoms with E-state index in [-0.39, 0.29) is 18.2 Å². The summed E-state index contributed by atoms with van der Waals surface area (Å²) in [5, 5.41) is 19.4. The SMILES string of the molecule is C=C(S/C=N\N)[C@]1(O)CC[C@H](N2CC(NC(=O)CNC(=O)c3cccc(C(F)(F)F)c3)C2)CC1. The number of likely N-dealkylation sites (tertiary alicyclic amines) is 1. The Morgan fingerprint density at radius 2 is 2.00 bits per heavy atom. The lowest BCUT2D eigenvalue weighted by atomic mass is 9.80. The van der Waals surface area contributed by atoms with Gasteiger partial charge in [-0.2, -0.15) is 18.3 Å². The van der Waals surface area contributed by atoms with E-state index in [0.29, 0.717) is 36.9 Å². The third-order valence-corrected chi connectivity index (χ3v) is 7.10. The first-order valence-electron chi connectivity index (χ1n) is 10.8. The van der Waals surface area contributed by atoms with Gasteiger partial charge in [-0.05, 0) is 43.9 Å². The Kier molecular flexibility index (Phi) is 8.26.